The van der Waals surface area contributed by atoms with E-state index in [-0.39, 0.29) is 42.0 Å². The molecule has 1 aliphatic heterocycles. The maximum atomic E-state index is 14.5. The molecule has 3 atom stereocenters. The van der Waals surface area contributed by atoms with E-state index in [1.807, 2.05) is 0 Å². The number of alkyl halides is 1. The highest BCUT2D eigenvalue weighted by atomic mass is 79.9. The number of likely N-dealkylation sites (tertiary alicyclic amines) is 1. The predicted molar refractivity (Wildman–Crippen MR) is 177 cm³/mol. The number of Topliss-reactive ketones (excluding diaryl/α,β-unsaturated/α-hetero) is 1. The molecule has 0 saturated carbocycles. The monoisotopic (exact) mass is 742 g/mol. The number of amides is 3. The average molecular weight is 744 g/mol. The van der Waals surface area contributed by atoms with Gasteiger partial charge in [-0.1, -0.05) is 12.1 Å². The first kappa shape index (κ1) is 34.7. The van der Waals surface area contributed by atoms with Gasteiger partial charge in [0.2, 0.25) is 17.0 Å². The van der Waals surface area contributed by atoms with Crippen molar-refractivity contribution in [2.75, 3.05) is 18.1 Å². The summed E-state index contributed by atoms with van der Waals surface area (Å²) in [6.07, 6.45) is 1.49. The lowest BCUT2D eigenvalue weighted by atomic mass is 10.0. The van der Waals surface area contributed by atoms with Crippen molar-refractivity contribution in [3.05, 3.63) is 59.1 Å². The Labute approximate surface area is 283 Å². The van der Waals surface area contributed by atoms with Crippen LogP contribution in [0.25, 0.3) is 22.0 Å². The fourth-order valence-electron chi connectivity index (χ4n) is 5.08. The number of carbonyl (C=O) groups excluding carboxylic acids is 4. The molecule has 0 spiro atoms. The topological polar surface area (TPSA) is 179 Å². The molecule has 1 N–H and O–H groups in total. The van der Waals surface area contributed by atoms with Crippen molar-refractivity contribution in [1.29, 1.82) is 0 Å². The van der Waals surface area contributed by atoms with E-state index in [4.69, 9.17) is 4.74 Å². The highest BCUT2D eigenvalue weighted by molar-refractivity contribution is 9.10. The molecule has 3 amide bonds. The first-order valence-corrected chi connectivity index (χ1v) is 17.4. The highest BCUT2D eigenvalue weighted by Gasteiger charge is 2.40. The van der Waals surface area contributed by atoms with Crippen LogP contribution in [0, 0.1) is 0 Å². The normalized spacial score (nSPS) is 17.5. The summed E-state index contributed by atoms with van der Waals surface area (Å²) in [6, 6.07) is 8.93. The second-order valence-electron chi connectivity index (χ2n) is 12.2. The molecule has 252 valence electrons. The van der Waals surface area contributed by atoms with Gasteiger partial charge in [-0.2, -0.15) is 5.10 Å². The van der Waals surface area contributed by atoms with Crippen LogP contribution in [-0.2, 0) is 30.6 Å². The molecular formula is C31H32BrFN8O6S. The number of pyridine rings is 1. The molecule has 1 unspecified atom stereocenters. The lowest BCUT2D eigenvalue weighted by Gasteiger charge is -2.23. The number of nitrogens with zero attached hydrogens (tertiary/aromatic N) is 7. The number of benzene rings is 1. The number of ether oxygens (including phenoxy) is 1. The number of anilines is 1. The van der Waals surface area contributed by atoms with Crippen molar-refractivity contribution in [3.63, 3.8) is 0 Å². The maximum Gasteiger partial charge on any atom is 0.442 e. The minimum atomic E-state index is -3.30. The molecule has 17 heteroatoms. The molecule has 5 rings (SSSR count). The zero-order valence-electron chi connectivity index (χ0n) is 26.6. The number of fused-ring (bicyclic) bond motifs is 1. The van der Waals surface area contributed by atoms with Gasteiger partial charge >= 0.3 is 6.09 Å². The van der Waals surface area contributed by atoms with Gasteiger partial charge < -0.3 is 15.0 Å². The van der Waals surface area contributed by atoms with E-state index >= 15 is 0 Å². The first-order chi connectivity index (χ1) is 22.5. The average Bonchev–Trinajstić information content (AvgIpc) is 3.56. The van der Waals surface area contributed by atoms with Gasteiger partial charge in [-0.05, 0) is 66.5 Å². The molecule has 1 fully saturated rings. The van der Waals surface area contributed by atoms with Crippen molar-refractivity contribution in [3.8, 4) is 11.1 Å². The number of hydrogen-bond acceptors (Lipinski definition) is 10. The highest BCUT2D eigenvalue weighted by Crippen LogP contribution is 2.28. The van der Waals surface area contributed by atoms with Crippen LogP contribution in [-0.4, -0.2) is 88.1 Å². The Balaban J connectivity index is 1.38. The van der Waals surface area contributed by atoms with Crippen LogP contribution in [0.15, 0.2) is 62.9 Å². The van der Waals surface area contributed by atoms with E-state index in [1.54, 1.807) is 57.2 Å². The summed E-state index contributed by atoms with van der Waals surface area (Å²) in [4.78, 5) is 64.9. The fraction of sp³-hybridized carbons (Fsp3) is 0.355. The van der Waals surface area contributed by atoms with Crippen LogP contribution in [0.4, 0.5) is 15.0 Å². The minimum Gasteiger partial charge on any atom is -0.442 e. The zero-order valence-corrected chi connectivity index (χ0v) is 29.0. The maximum absolute atomic E-state index is 14.5. The van der Waals surface area contributed by atoms with E-state index in [0.717, 1.165) is 0 Å². The van der Waals surface area contributed by atoms with Crippen LogP contribution in [0.2, 0.25) is 0 Å². The van der Waals surface area contributed by atoms with Gasteiger partial charge in [-0.3, -0.25) is 19.1 Å². The Hall–Kier alpha value is -4.64. The zero-order chi connectivity index (χ0) is 35.0. The number of aromatic nitrogens is 5. The lowest BCUT2D eigenvalue weighted by Crippen LogP contribution is -2.44. The minimum absolute atomic E-state index is 0.102. The number of halogens is 2. The molecule has 1 aliphatic rings. The fourth-order valence-corrected chi connectivity index (χ4v) is 6.32. The number of ketones is 1. The molecular weight excluding hydrogens is 711 g/mol. The molecule has 0 bridgehead atoms. The summed E-state index contributed by atoms with van der Waals surface area (Å²) in [7, 11) is -3.30. The van der Waals surface area contributed by atoms with E-state index in [0.29, 0.717) is 26.6 Å². The quantitative estimate of drug-likeness (QED) is 0.157. The Kier molecular flexibility index (Phi) is 9.73. The second kappa shape index (κ2) is 13.5. The molecule has 1 saturated heterocycles. The van der Waals surface area contributed by atoms with Crippen LogP contribution in [0.5, 0.6) is 0 Å². The third-order valence-corrected chi connectivity index (χ3v) is 8.98. The Morgan fingerprint density at radius 3 is 2.48 bits per heavy atom. The van der Waals surface area contributed by atoms with E-state index < -0.39 is 45.5 Å². The molecule has 4 aromatic rings. The van der Waals surface area contributed by atoms with Crippen LogP contribution >= 0.6 is 15.9 Å². The summed E-state index contributed by atoms with van der Waals surface area (Å²) < 4.78 is 38.2. The van der Waals surface area contributed by atoms with Crippen molar-refractivity contribution < 1.29 is 32.5 Å². The summed E-state index contributed by atoms with van der Waals surface area (Å²) in [5.41, 5.74) is 0.836. The third kappa shape index (κ3) is 7.90. The molecule has 0 aliphatic carbocycles. The van der Waals surface area contributed by atoms with E-state index in [1.165, 1.54) is 35.2 Å². The summed E-state index contributed by atoms with van der Waals surface area (Å²) in [5.74, 6) is -1.22. The number of hydrogen-bond donors (Lipinski definition) is 1. The number of rotatable bonds is 7. The smallest absolute Gasteiger partial charge is 0.442 e. The molecule has 1 aromatic carbocycles. The summed E-state index contributed by atoms with van der Waals surface area (Å²) >= 11 is 3.24. The Morgan fingerprint density at radius 1 is 1.12 bits per heavy atom. The first-order valence-electron chi connectivity index (χ1n) is 14.7. The number of nitrogens with one attached hydrogen (secondary N) is 1. The van der Waals surface area contributed by atoms with Gasteiger partial charge in [0.25, 0.3) is 0 Å². The Bertz CT molecular complexity index is 2060. The number of carbonyl (C=O) groups is 4. The van der Waals surface area contributed by atoms with Crippen LogP contribution in [0.3, 0.4) is 0 Å². The molecule has 4 heterocycles. The van der Waals surface area contributed by atoms with Crippen LogP contribution in [0.1, 0.15) is 44.6 Å². The summed E-state index contributed by atoms with van der Waals surface area (Å²) in [6.45, 7) is 5.71. The van der Waals surface area contributed by atoms with E-state index in [9.17, 15) is 27.8 Å². The van der Waals surface area contributed by atoms with Gasteiger partial charge in [0.15, 0.2) is 5.78 Å². The van der Waals surface area contributed by atoms with Crippen molar-refractivity contribution >= 4 is 66.1 Å². The SMILES string of the molecule is CC(=O)c1nn(CC(=O)N2C[C@H](F)C[C@H]2C(=O)Nc2cccc(Br)n2)c2ccc(-c3cnc(S(C)(=O)=NC(=O)OC(C)(C)C)nc3)cc12. The third-order valence-electron chi connectivity index (χ3n) is 7.15. The van der Waals surface area contributed by atoms with Gasteiger partial charge in [0.05, 0.1) is 12.1 Å². The van der Waals surface area contributed by atoms with Gasteiger partial charge in [0, 0.05) is 42.9 Å². The van der Waals surface area contributed by atoms with Crippen LogP contribution < -0.4 is 5.32 Å². The second-order valence-corrected chi connectivity index (χ2v) is 15.1. The standard InChI is InChI=1S/C31H32BrFN8O6S/c1-17(42)27-21-11-18(19-13-34-29(35-14-19)48(5,46)39-30(45)47-31(2,3)4)9-10-22(21)41(38-27)16-26(43)40-15-20(33)12-23(40)28(44)37-25-8-6-7-24(32)36-25/h6-11,13-14,20,23H,12,15-16H2,1-5H3,(H,36,37,44)/t20-,23+,48?/m1/s1. The van der Waals surface area contributed by atoms with Crippen molar-refractivity contribution in [2.24, 2.45) is 4.36 Å². The molecule has 48 heavy (non-hydrogen) atoms. The summed E-state index contributed by atoms with van der Waals surface area (Å²) in [5, 5.41) is 7.30. The van der Waals surface area contributed by atoms with E-state index in [2.05, 4.69) is 45.7 Å². The molecule has 14 nitrogen and oxygen atoms in total. The largest absolute Gasteiger partial charge is 0.442 e. The predicted octanol–water partition coefficient (Wildman–Crippen LogP) is 4.82. The Morgan fingerprint density at radius 2 is 1.83 bits per heavy atom. The molecule has 0 radical (unpaired) electrons. The lowest BCUT2D eigenvalue weighted by molar-refractivity contribution is -0.137. The van der Waals surface area contributed by atoms with Gasteiger partial charge in [-0.15, -0.1) is 4.36 Å². The molecule has 3 aromatic heterocycles. The van der Waals surface area contributed by atoms with Gasteiger partial charge in [0.1, 0.15) is 50.2 Å². The van der Waals surface area contributed by atoms with Crippen molar-refractivity contribution in [2.45, 2.75) is 63.6 Å². The van der Waals surface area contributed by atoms with Crippen molar-refractivity contribution in [1.82, 2.24) is 29.6 Å². The van der Waals surface area contributed by atoms with Gasteiger partial charge in [-0.25, -0.2) is 28.3 Å².